The minimum absolute atomic E-state index is 0.222. The molecule has 2 atom stereocenters. The van der Waals surface area contributed by atoms with Gasteiger partial charge in [0.2, 0.25) is 0 Å². The van der Waals surface area contributed by atoms with E-state index in [0.29, 0.717) is 5.02 Å². The highest BCUT2D eigenvalue weighted by Crippen LogP contribution is 2.23. The molecule has 0 aliphatic rings. The van der Waals surface area contributed by atoms with Crippen molar-refractivity contribution in [2.45, 2.75) is 31.0 Å². The largest absolute Gasteiger partial charge is 0.392 e. The second-order valence-corrected chi connectivity index (χ2v) is 5.00. The van der Waals surface area contributed by atoms with E-state index in [1.165, 1.54) is 0 Å². The highest BCUT2D eigenvalue weighted by atomic mass is 35.5. The van der Waals surface area contributed by atoms with Crippen molar-refractivity contribution in [1.82, 2.24) is 4.98 Å². The smallest absolute Gasteiger partial charge is 0.0629 e. The van der Waals surface area contributed by atoms with Gasteiger partial charge in [0.25, 0.3) is 0 Å². The molecule has 0 bridgehead atoms. The fourth-order valence-corrected chi connectivity index (χ4v) is 2.12. The Hall–Kier alpha value is -0.250. The topological polar surface area (TPSA) is 33.1 Å². The van der Waals surface area contributed by atoms with Crippen LogP contribution in [0.4, 0.5) is 0 Å². The lowest BCUT2D eigenvalue weighted by Crippen LogP contribution is -2.15. The van der Waals surface area contributed by atoms with Gasteiger partial charge in [0.1, 0.15) is 0 Å². The summed E-state index contributed by atoms with van der Waals surface area (Å²) in [5.41, 5.74) is 1.07. The monoisotopic (exact) mass is 231 g/mol. The molecule has 0 radical (unpaired) electrons. The summed E-state index contributed by atoms with van der Waals surface area (Å²) in [6.45, 7) is 3.80. The quantitative estimate of drug-likeness (QED) is 0.865. The molecule has 0 aliphatic heterocycles. The van der Waals surface area contributed by atoms with Crippen molar-refractivity contribution in [2.24, 2.45) is 0 Å². The molecule has 0 saturated carbocycles. The van der Waals surface area contributed by atoms with Crippen LogP contribution in [-0.2, 0) is 5.75 Å². The second kappa shape index (κ2) is 5.59. The number of halogens is 1. The van der Waals surface area contributed by atoms with Gasteiger partial charge in [-0.25, -0.2) is 0 Å². The van der Waals surface area contributed by atoms with Crippen LogP contribution in [0.2, 0.25) is 5.02 Å². The van der Waals surface area contributed by atoms with E-state index >= 15 is 0 Å². The number of rotatable bonds is 4. The fourth-order valence-electron chi connectivity index (χ4n) is 0.882. The predicted molar refractivity (Wildman–Crippen MR) is 61.7 cm³/mol. The SMILES string of the molecule is CC(O)C(C)SCc1ccncc1Cl. The van der Waals surface area contributed by atoms with Gasteiger partial charge in [-0.3, -0.25) is 4.98 Å². The molecule has 0 aromatic carbocycles. The summed E-state index contributed by atoms with van der Waals surface area (Å²) in [7, 11) is 0. The Morgan fingerprint density at radius 1 is 1.57 bits per heavy atom. The van der Waals surface area contributed by atoms with Crippen LogP contribution in [0.15, 0.2) is 18.5 Å². The second-order valence-electron chi connectivity index (χ2n) is 3.22. The summed E-state index contributed by atoms with van der Waals surface area (Å²) in [5.74, 6) is 0.813. The molecule has 2 unspecified atom stereocenters. The van der Waals surface area contributed by atoms with Crippen molar-refractivity contribution in [2.75, 3.05) is 0 Å². The number of aliphatic hydroxyl groups is 1. The van der Waals surface area contributed by atoms with E-state index in [1.807, 2.05) is 13.0 Å². The Balaban J connectivity index is 2.50. The zero-order chi connectivity index (χ0) is 10.6. The molecule has 0 saturated heterocycles. The Labute approximate surface area is 93.7 Å². The number of hydrogen-bond acceptors (Lipinski definition) is 3. The average Bonchev–Trinajstić information content (AvgIpc) is 2.16. The maximum atomic E-state index is 9.30. The average molecular weight is 232 g/mol. The molecule has 4 heteroatoms. The number of nitrogens with zero attached hydrogens (tertiary/aromatic N) is 1. The van der Waals surface area contributed by atoms with Gasteiger partial charge >= 0.3 is 0 Å². The van der Waals surface area contributed by atoms with E-state index < -0.39 is 0 Å². The predicted octanol–water partition coefficient (Wildman–Crippen LogP) is 2.74. The van der Waals surface area contributed by atoms with Gasteiger partial charge in [-0.05, 0) is 18.6 Å². The van der Waals surface area contributed by atoms with E-state index in [-0.39, 0.29) is 11.4 Å². The van der Waals surface area contributed by atoms with E-state index in [9.17, 15) is 5.11 Å². The van der Waals surface area contributed by atoms with Crippen molar-refractivity contribution in [3.05, 3.63) is 29.0 Å². The molecule has 1 aromatic rings. The van der Waals surface area contributed by atoms with E-state index in [1.54, 1.807) is 31.1 Å². The summed E-state index contributed by atoms with van der Waals surface area (Å²) in [4.78, 5) is 3.92. The van der Waals surface area contributed by atoms with Gasteiger partial charge in [0.05, 0.1) is 11.1 Å². The van der Waals surface area contributed by atoms with Gasteiger partial charge in [0, 0.05) is 23.4 Å². The first-order valence-corrected chi connectivity index (χ1v) is 5.92. The van der Waals surface area contributed by atoms with Crippen molar-refractivity contribution in [3.63, 3.8) is 0 Å². The fraction of sp³-hybridized carbons (Fsp3) is 0.500. The van der Waals surface area contributed by atoms with Gasteiger partial charge in [-0.2, -0.15) is 11.8 Å². The minimum Gasteiger partial charge on any atom is -0.392 e. The summed E-state index contributed by atoms with van der Waals surface area (Å²) < 4.78 is 0. The third kappa shape index (κ3) is 3.48. The van der Waals surface area contributed by atoms with Gasteiger partial charge in [0.15, 0.2) is 0 Å². The summed E-state index contributed by atoms with van der Waals surface area (Å²) in [6.07, 6.45) is 3.08. The first-order valence-electron chi connectivity index (χ1n) is 4.49. The highest BCUT2D eigenvalue weighted by Gasteiger charge is 2.10. The number of aromatic nitrogens is 1. The van der Waals surface area contributed by atoms with Crippen molar-refractivity contribution < 1.29 is 5.11 Å². The lowest BCUT2D eigenvalue weighted by Gasteiger charge is -2.14. The number of aliphatic hydroxyl groups excluding tert-OH is 1. The molecular weight excluding hydrogens is 218 g/mol. The third-order valence-electron chi connectivity index (χ3n) is 2.04. The molecule has 1 rings (SSSR count). The normalized spacial score (nSPS) is 15.1. The van der Waals surface area contributed by atoms with Crippen LogP contribution < -0.4 is 0 Å². The summed E-state index contributed by atoms with van der Waals surface area (Å²) in [6, 6.07) is 1.91. The first-order chi connectivity index (χ1) is 6.61. The molecule has 1 heterocycles. The molecule has 1 N–H and O–H groups in total. The lowest BCUT2D eigenvalue weighted by atomic mass is 10.3. The number of pyridine rings is 1. The van der Waals surface area contributed by atoms with Crippen LogP contribution in [0.5, 0.6) is 0 Å². The van der Waals surface area contributed by atoms with E-state index in [2.05, 4.69) is 4.98 Å². The Bertz CT molecular complexity index is 293. The molecule has 14 heavy (non-hydrogen) atoms. The number of thioether (sulfide) groups is 1. The third-order valence-corrected chi connectivity index (χ3v) is 3.78. The number of hydrogen-bond donors (Lipinski definition) is 1. The molecule has 78 valence electrons. The van der Waals surface area contributed by atoms with Gasteiger partial charge in [-0.1, -0.05) is 18.5 Å². The first kappa shape index (κ1) is 11.8. The van der Waals surface area contributed by atoms with Crippen LogP contribution in [0.3, 0.4) is 0 Å². The lowest BCUT2D eigenvalue weighted by molar-refractivity contribution is 0.196. The Morgan fingerprint density at radius 3 is 2.86 bits per heavy atom. The van der Waals surface area contributed by atoms with Gasteiger partial charge in [-0.15, -0.1) is 0 Å². The van der Waals surface area contributed by atoms with E-state index in [0.717, 1.165) is 11.3 Å². The van der Waals surface area contributed by atoms with Crippen LogP contribution >= 0.6 is 23.4 Å². The van der Waals surface area contributed by atoms with Crippen LogP contribution in [-0.4, -0.2) is 21.4 Å². The molecule has 2 nitrogen and oxygen atoms in total. The summed E-state index contributed by atoms with van der Waals surface area (Å²) in [5, 5.41) is 10.2. The molecule has 1 aromatic heterocycles. The molecule has 0 fully saturated rings. The zero-order valence-corrected chi connectivity index (χ0v) is 9.85. The van der Waals surface area contributed by atoms with Crippen LogP contribution in [0.25, 0.3) is 0 Å². The van der Waals surface area contributed by atoms with Crippen LogP contribution in [0.1, 0.15) is 19.4 Å². The molecule has 0 amide bonds. The van der Waals surface area contributed by atoms with Crippen molar-refractivity contribution in [3.8, 4) is 0 Å². The van der Waals surface area contributed by atoms with Crippen LogP contribution in [0, 0.1) is 0 Å². The standard InChI is InChI=1S/C10H14ClNOS/c1-7(13)8(2)14-6-9-3-4-12-5-10(9)11/h3-5,7-8,13H,6H2,1-2H3. The highest BCUT2D eigenvalue weighted by molar-refractivity contribution is 7.99. The molecule has 0 spiro atoms. The van der Waals surface area contributed by atoms with Crippen molar-refractivity contribution in [1.29, 1.82) is 0 Å². The molecular formula is C10H14ClNOS. The minimum atomic E-state index is -0.291. The summed E-state index contributed by atoms with van der Waals surface area (Å²) >= 11 is 7.64. The van der Waals surface area contributed by atoms with Gasteiger partial charge < -0.3 is 5.11 Å². The molecule has 0 aliphatic carbocycles. The maximum Gasteiger partial charge on any atom is 0.0629 e. The zero-order valence-electron chi connectivity index (χ0n) is 8.27. The van der Waals surface area contributed by atoms with E-state index in [4.69, 9.17) is 11.6 Å². The maximum absolute atomic E-state index is 9.30. The Morgan fingerprint density at radius 2 is 2.29 bits per heavy atom. The Kier molecular flexibility index (Phi) is 4.72. The van der Waals surface area contributed by atoms with Crippen molar-refractivity contribution >= 4 is 23.4 Å².